The van der Waals surface area contributed by atoms with Gasteiger partial charge in [-0.1, -0.05) is 13.3 Å². The van der Waals surface area contributed by atoms with E-state index in [-0.39, 0.29) is 0 Å². The Morgan fingerprint density at radius 2 is 2.40 bits per heavy atom. The third-order valence-electron chi connectivity index (χ3n) is 3.27. The molecule has 15 heavy (non-hydrogen) atoms. The molecule has 3 heteroatoms. The van der Waals surface area contributed by atoms with Crippen LogP contribution in [0.5, 0.6) is 0 Å². The third kappa shape index (κ3) is 2.79. The number of nitrogens with zero attached hydrogens (tertiary/aromatic N) is 1. The van der Waals surface area contributed by atoms with Gasteiger partial charge in [-0.2, -0.15) is 0 Å². The third-order valence-corrected chi connectivity index (χ3v) is 4.32. The van der Waals surface area contributed by atoms with Gasteiger partial charge in [0.2, 0.25) is 0 Å². The summed E-state index contributed by atoms with van der Waals surface area (Å²) in [7, 11) is 0. The van der Waals surface area contributed by atoms with E-state index in [9.17, 15) is 0 Å². The highest BCUT2D eigenvalue weighted by Gasteiger charge is 2.22. The Balaban J connectivity index is 1.84. The first-order valence-electron chi connectivity index (χ1n) is 5.97. The number of aromatic nitrogens is 1. The Morgan fingerprint density at radius 3 is 3.00 bits per heavy atom. The molecule has 0 bridgehead atoms. The lowest BCUT2D eigenvalue weighted by atomic mass is 9.86. The molecule has 2 nitrogen and oxygen atoms in total. The van der Waals surface area contributed by atoms with Crippen LogP contribution in [0.4, 0.5) is 0 Å². The predicted molar refractivity (Wildman–Crippen MR) is 65.3 cm³/mol. The monoisotopic (exact) mass is 224 g/mol. The van der Waals surface area contributed by atoms with Gasteiger partial charge in [0.05, 0.1) is 10.7 Å². The van der Waals surface area contributed by atoms with Crippen molar-refractivity contribution < 1.29 is 0 Å². The quantitative estimate of drug-likeness (QED) is 0.830. The summed E-state index contributed by atoms with van der Waals surface area (Å²) >= 11 is 1.84. The highest BCUT2D eigenvalue weighted by molar-refractivity contribution is 7.09. The van der Waals surface area contributed by atoms with Crippen molar-refractivity contribution in [3.63, 3.8) is 0 Å². The van der Waals surface area contributed by atoms with Crippen molar-refractivity contribution in [3.8, 4) is 0 Å². The molecule has 84 valence electrons. The number of hydrogen-bond acceptors (Lipinski definition) is 3. The van der Waals surface area contributed by atoms with Gasteiger partial charge >= 0.3 is 0 Å². The minimum atomic E-state index is 0.596. The van der Waals surface area contributed by atoms with Crippen LogP contribution in [0.3, 0.4) is 0 Å². The molecule has 1 unspecified atom stereocenters. The van der Waals surface area contributed by atoms with Gasteiger partial charge < -0.3 is 5.32 Å². The zero-order valence-corrected chi connectivity index (χ0v) is 10.4. The molecule has 1 saturated carbocycles. The molecule has 0 aromatic carbocycles. The topological polar surface area (TPSA) is 24.9 Å². The first-order chi connectivity index (χ1) is 7.29. The van der Waals surface area contributed by atoms with Gasteiger partial charge in [-0.05, 0) is 26.2 Å². The summed E-state index contributed by atoms with van der Waals surface area (Å²) < 4.78 is 0. The summed E-state index contributed by atoms with van der Waals surface area (Å²) in [5, 5.41) is 7.06. The van der Waals surface area contributed by atoms with Crippen molar-refractivity contribution in [2.24, 2.45) is 0 Å². The molecule has 2 rings (SSSR count). The molecular formula is C12H20N2S. The van der Waals surface area contributed by atoms with Crippen molar-refractivity contribution in [2.75, 3.05) is 0 Å². The number of thiazole rings is 1. The molecule has 1 aliphatic carbocycles. The summed E-state index contributed by atoms with van der Waals surface area (Å²) in [4.78, 5) is 4.69. The summed E-state index contributed by atoms with van der Waals surface area (Å²) in [5.41, 5.74) is 1.22. The molecule has 1 atom stereocenters. The highest BCUT2D eigenvalue weighted by Crippen LogP contribution is 2.37. The van der Waals surface area contributed by atoms with E-state index in [1.54, 1.807) is 0 Å². The van der Waals surface area contributed by atoms with Crippen LogP contribution < -0.4 is 5.32 Å². The van der Waals surface area contributed by atoms with Crippen LogP contribution in [0.25, 0.3) is 0 Å². The van der Waals surface area contributed by atoms with Crippen molar-refractivity contribution in [1.82, 2.24) is 10.3 Å². The Bertz CT molecular complexity index is 304. The van der Waals surface area contributed by atoms with E-state index < -0.39 is 0 Å². The molecule has 0 aliphatic heterocycles. The zero-order valence-electron chi connectivity index (χ0n) is 9.62. The lowest BCUT2D eigenvalue weighted by Gasteiger charge is -2.22. The minimum absolute atomic E-state index is 0.596. The summed E-state index contributed by atoms with van der Waals surface area (Å²) in [5.74, 6) is 0.785. The van der Waals surface area contributed by atoms with Crippen LogP contribution in [0.15, 0.2) is 5.38 Å². The lowest BCUT2D eigenvalue weighted by Crippen LogP contribution is -2.24. The van der Waals surface area contributed by atoms with Gasteiger partial charge in [0, 0.05) is 23.9 Å². The Morgan fingerprint density at radius 1 is 1.60 bits per heavy atom. The Kier molecular flexibility index (Phi) is 3.76. The van der Waals surface area contributed by atoms with Crippen molar-refractivity contribution in [2.45, 2.75) is 58.0 Å². The van der Waals surface area contributed by atoms with Gasteiger partial charge in [0.25, 0.3) is 0 Å². The van der Waals surface area contributed by atoms with E-state index in [1.807, 2.05) is 11.3 Å². The molecule has 1 aliphatic rings. The van der Waals surface area contributed by atoms with E-state index in [0.717, 1.165) is 12.5 Å². The van der Waals surface area contributed by atoms with Crippen LogP contribution in [0.1, 0.15) is 56.2 Å². The van der Waals surface area contributed by atoms with Crippen LogP contribution >= 0.6 is 11.3 Å². The molecule has 1 aromatic heterocycles. The first kappa shape index (κ1) is 11.1. The molecule has 0 amide bonds. The summed E-state index contributed by atoms with van der Waals surface area (Å²) in [6, 6.07) is 0.596. The van der Waals surface area contributed by atoms with Gasteiger partial charge in [0.1, 0.15) is 0 Å². The second kappa shape index (κ2) is 5.08. The fourth-order valence-corrected chi connectivity index (χ4v) is 2.66. The average molecular weight is 224 g/mol. The fraction of sp³-hybridized carbons (Fsp3) is 0.750. The lowest BCUT2D eigenvalue weighted by molar-refractivity contribution is 0.417. The van der Waals surface area contributed by atoms with E-state index in [2.05, 4.69) is 24.5 Å². The second-order valence-electron chi connectivity index (χ2n) is 4.50. The van der Waals surface area contributed by atoms with Crippen LogP contribution in [0, 0.1) is 0 Å². The van der Waals surface area contributed by atoms with E-state index in [0.29, 0.717) is 6.04 Å². The maximum Gasteiger partial charge on any atom is 0.0959 e. The van der Waals surface area contributed by atoms with Crippen molar-refractivity contribution in [1.29, 1.82) is 0 Å². The summed E-state index contributed by atoms with van der Waals surface area (Å²) in [6.07, 6.45) is 5.28. The SMILES string of the molecule is CCC(C)NCc1csc(C2CCC2)n1. The standard InChI is InChI=1S/C12H20N2S/c1-3-9(2)13-7-11-8-15-12(14-11)10-5-4-6-10/h8-10,13H,3-7H2,1-2H3. The Hall–Kier alpha value is -0.410. The maximum absolute atomic E-state index is 4.69. The molecule has 0 spiro atoms. The molecule has 1 fully saturated rings. The molecule has 1 heterocycles. The fourth-order valence-electron chi connectivity index (χ4n) is 1.67. The molecule has 1 aromatic rings. The first-order valence-corrected chi connectivity index (χ1v) is 6.85. The Labute approximate surface area is 96.1 Å². The maximum atomic E-state index is 4.69. The van der Waals surface area contributed by atoms with E-state index in [1.165, 1.54) is 36.4 Å². The normalized spacial score (nSPS) is 18.8. The highest BCUT2D eigenvalue weighted by atomic mass is 32.1. The number of hydrogen-bond donors (Lipinski definition) is 1. The van der Waals surface area contributed by atoms with Gasteiger partial charge in [-0.15, -0.1) is 11.3 Å². The van der Waals surface area contributed by atoms with Crippen molar-refractivity contribution in [3.05, 3.63) is 16.1 Å². The van der Waals surface area contributed by atoms with E-state index in [4.69, 9.17) is 4.98 Å². The van der Waals surface area contributed by atoms with Gasteiger partial charge in [-0.25, -0.2) is 4.98 Å². The second-order valence-corrected chi connectivity index (χ2v) is 5.38. The van der Waals surface area contributed by atoms with Crippen molar-refractivity contribution >= 4 is 11.3 Å². The molecule has 1 N–H and O–H groups in total. The largest absolute Gasteiger partial charge is 0.309 e. The smallest absolute Gasteiger partial charge is 0.0959 e. The molecular weight excluding hydrogens is 204 g/mol. The molecule has 0 saturated heterocycles. The van der Waals surface area contributed by atoms with Crippen LogP contribution in [0.2, 0.25) is 0 Å². The zero-order chi connectivity index (χ0) is 10.7. The minimum Gasteiger partial charge on any atom is -0.309 e. The molecule has 0 radical (unpaired) electrons. The average Bonchev–Trinajstić information content (AvgIpc) is 2.60. The number of rotatable bonds is 5. The van der Waals surface area contributed by atoms with Crippen LogP contribution in [-0.4, -0.2) is 11.0 Å². The van der Waals surface area contributed by atoms with Gasteiger partial charge in [0.15, 0.2) is 0 Å². The van der Waals surface area contributed by atoms with Crippen LogP contribution in [-0.2, 0) is 6.54 Å². The summed E-state index contributed by atoms with van der Waals surface area (Å²) in [6.45, 7) is 5.36. The van der Waals surface area contributed by atoms with E-state index >= 15 is 0 Å². The predicted octanol–water partition coefficient (Wildman–Crippen LogP) is 3.30. The van der Waals surface area contributed by atoms with Gasteiger partial charge in [-0.3, -0.25) is 0 Å². The number of nitrogens with one attached hydrogen (secondary N) is 1.